The third kappa shape index (κ3) is 4.40. The molecule has 7 nitrogen and oxygen atoms in total. The molecule has 22 heavy (non-hydrogen) atoms. The molecule has 0 aliphatic carbocycles. The van der Waals surface area contributed by atoms with Crippen LogP contribution in [0.4, 0.5) is 5.69 Å². The standard InChI is InChI=1S/C14H12N2O5S/c15-22(19,20)21-14-4-2-1-3-12(14)8-5-11-6-9-13(10-7-11)16(17)18/h1-10H,(H2,15,19,20)/b8-5+. The van der Waals surface area contributed by atoms with Gasteiger partial charge >= 0.3 is 10.3 Å². The third-order valence-electron chi connectivity index (χ3n) is 2.68. The molecule has 2 rings (SSSR count). The molecular formula is C14H12N2O5S. The maximum atomic E-state index is 11.0. The van der Waals surface area contributed by atoms with Crippen molar-refractivity contribution in [2.75, 3.05) is 0 Å². The molecule has 0 amide bonds. The van der Waals surface area contributed by atoms with Gasteiger partial charge in [-0.1, -0.05) is 30.4 Å². The van der Waals surface area contributed by atoms with E-state index in [0.29, 0.717) is 5.56 Å². The van der Waals surface area contributed by atoms with Crippen LogP contribution in [0.5, 0.6) is 5.75 Å². The molecule has 8 heteroatoms. The summed E-state index contributed by atoms with van der Waals surface area (Å²) in [4.78, 5) is 10.1. The Labute approximate surface area is 127 Å². The van der Waals surface area contributed by atoms with Crippen LogP contribution >= 0.6 is 0 Å². The second-order valence-electron chi connectivity index (χ2n) is 4.30. The van der Waals surface area contributed by atoms with E-state index in [4.69, 9.17) is 5.14 Å². The molecule has 0 heterocycles. The van der Waals surface area contributed by atoms with E-state index in [1.165, 1.54) is 18.2 Å². The van der Waals surface area contributed by atoms with Crippen molar-refractivity contribution in [1.29, 1.82) is 0 Å². The first-order valence-corrected chi connectivity index (χ1v) is 7.56. The van der Waals surface area contributed by atoms with Crippen LogP contribution in [0, 0.1) is 10.1 Å². The fourth-order valence-corrected chi connectivity index (χ4v) is 2.11. The molecule has 0 atom stereocenters. The molecule has 0 bridgehead atoms. The number of nitrogens with zero attached hydrogens (tertiary/aromatic N) is 1. The molecule has 0 aliphatic heterocycles. The number of para-hydroxylation sites is 1. The van der Waals surface area contributed by atoms with Gasteiger partial charge in [-0.25, -0.2) is 0 Å². The van der Waals surface area contributed by atoms with Gasteiger partial charge in [-0.3, -0.25) is 10.1 Å². The summed E-state index contributed by atoms with van der Waals surface area (Å²) in [6.45, 7) is 0. The van der Waals surface area contributed by atoms with Gasteiger partial charge in [0.25, 0.3) is 5.69 Å². The quantitative estimate of drug-likeness (QED) is 0.516. The number of hydrogen-bond acceptors (Lipinski definition) is 5. The summed E-state index contributed by atoms with van der Waals surface area (Å²) < 4.78 is 26.7. The highest BCUT2D eigenvalue weighted by molar-refractivity contribution is 7.84. The molecule has 0 fully saturated rings. The molecule has 114 valence electrons. The molecule has 0 aromatic heterocycles. The fraction of sp³-hybridized carbons (Fsp3) is 0. The number of nitro groups is 1. The Morgan fingerprint density at radius 3 is 2.27 bits per heavy atom. The van der Waals surface area contributed by atoms with Gasteiger partial charge < -0.3 is 4.18 Å². The van der Waals surface area contributed by atoms with Crippen molar-refractivity contribution in [3.05, 3.63) is 69.8 Å². The van der Waals surface area contributed by atoms with Crippen LogP contribution in [0.25, 0.3) is 12.2 Å². The van der Waals surface area contributed by atoms with E-state index in [1.54, 1.807) is 42.5 Å². The number of rotatable bonds is 5. The molecule has 0 radical (unpaired) electrons. The Hall–Kier alpha value is -2.71. The van der Waals surface area contributed by atoms with E-state index in [2.05, 4.69) is 4.18 Å². The number of non-ortho nitro benzene ring substituents is 1. The minimum Gasteiger partial charge on any atom is -0.370 e. The highest BCUT2D eigenvalue weighted by atomic mass is 32.2. The molecule has 0 saturated carbocycles. The van der Waals surface area contributed by atoms with Crippen molar-refractivity contribution in [2.45, 2.75) is 0 Å². The Kier molecular flexibility index (Phi) is 4.54. The van der Waals surface area contributed by atoms with E-state index >= 15 is 0 Å². The summed E-state index contributed by atoms with van der Waals surface area (Å²) in [6, 6.07) is 12.4. The molecule has 2 aromatic rings. The topological polar surface area (TPSA) is 113 Å². The van der Waals surface area contributed by atoms with Gasteiger partial charge in [0.15, 0.2) is 5.75 Å². The number of hydrogen-bond donors (Lipinski definition) is 1. The number of nitrogens with two attached hydrogens (primary N) is 1. The zero-order valence-electron chi connectivity index (χ0n) is 11.2. The van der Waals surface area contributed by atoms with Gasteiger partial charge in [0.05, 0.1) is 4.92 Å². The maximum absolute atomic E-state index is 11.0. The smallest absolute Gasteiger partial charge is 0.370 e. The van der Waals surface area contributed by atoms with Crippen molar-refractivity contribution in [3.8, 4) is 5.75 Å². The first kappa shape index (κ1) is 15.7. The van der Waals surface area contributed by atoms with Crippen molar-refractivity contribution < 1.29 is 17.5 Å². The van der Waals surface area contributed by atoms with E-state index < -0.39 is 15.2 Å². The zero-order valence-corrected chi connectivity index (χ0v) is 12.1. The Balaban J connectivity index is 2.25. The number of nitro benzene ring substituents is 1. The largest absolute Gasteiger partial charge is 0.380 e. The summed E-state index contributed by atoms with van der Waals surface area (Å²) in [6.07, 6.45) is 3.30. The van der Waals surface area contributed by atoms with Gasteiger partial charge in [-0.2, -0.15) is 13.6 Å². The average Bonchev–Trinajstić information content (AvgIpc) is 2.45. The summed E-state index contributed by atoms with van der Waals surface area (Å²) in [5.41, 5.74) is 1.22. The van der Waals surface area contributed by atoms with Gasteiger partial charge in [-0.15, -0.1) is 0 Å². The molecule has 2 N–H and O–H groups in total. The third-order valence-corrected chi connectivity index (χ3v) is 3.10. The maximum Gasteiger partial charge on any atom is 0.380 e. The lowest BCUT2D eigenvalue weighted by Crippen LogP contribution is -2.19. The van der Waals surface area contributed by atoms with Crippen LogP contribution in [-0.2, 0) is 10.3 Å². The summed E-state index contributed by atoms with van der Waals surface area (Å²) in [5.74, 6) is 0.100. The lowest BCUT2D eigenvalue weighted by Gasteiger charge is -2.05. The van der Waals surface area contributed by atoms with Crippen molar-refractivity contribution in [3.63, 3.8) is 0 Å². The number of benzene rings is 2. The Bertz CT molecular complexity index is 813. The molecular weight excluding hydrogens is 308 g/mol. The zero-order chi connectivity index (χ0) is 16.2. The summed E-state index contributed by atoms with van der Waals surface area (Å²) in [5, 5.41) is 15.4. The Morgan fingerprint density at radius 2 is 1.68 bits per heavy atom. The SMILES string of the molecule is NS(=O)(=O)Oc1ccccc1/C=C/c1ccc([N+](=O)[O-])cc1. The molecule has 2 aromatic carbocycles. The van der Waals surface area contributed by atoms with Crippen molar-refractivity contribution in [1.82, 2.24) is 0 Å². The van der Waals surface area contributed by atoms with Crippen LogP contribution < -0.4 is 9.32 Å². The second-order valence-corrected chi connectivity index (χ2v) is 5.45. The van der Waals surface area contributed by atoms with E-state index in [-0.39, 0.29) is 11.4 Å². The van der Waals surface area contributed by atoms with Crippen molar-refractivity contribution >= 4 is 28.1 Å². The lowest BCUT2D eigenvalue weighted by atomic mass is 10.1. The molecule has 0 saturated heterocycles. The summed E-state index contributed by atoms with van der Waals surface area (Å²) >= 11 is 0. The average molecular weight is 320 g/mol. The normalized spacial score (nSPS) is 11.5. The van der Waals surface area contributed by atoms with Gasteiger partial charge in [-0.05, 0) is 23.8 Å². The minimum absolute atomic E-state index is 0.00453. The highest BCUT2D eigenvalue weighted by Gasteiger charge is 2.08. The van der Waals surface area contributed by atoms with E-state index in [9.17, 15) is 18.5 Å². The monoisotopic (exact) mass is 320 g/mol. The highest BCUT2D eigenvalue weighted by Crippen LogP contribution is 2.22. The van der Waals surface area contributed by atoms with E-state index in [1.807, 2.05) is 0 Å². The van der Waals surface area contributed by atoms with Gasteiger partial charge in [0.1, 0.15) is 0 Å². The molecule has 0 unspecified atom stereocenters. The van der Waals surface area contributed by atoms with Crippen molar-refractivity contribution in [2.24, 2.45) is 5.14 Å². The van der Waals surface area contributed by atoms with Crippen LogP contribution in [0.1, 0.15) is 11.1 Å². The minimum atomic E-state index is -4.11. The molecule has 0 spiro atoms. The van der Waals surface area contributed by atoms with Crippen LogP contribution in [0.15, 0.2) is 48.5 Å². The summed E-state index contributed by atoms with van der Waals surface area (Å²) in [7, 11) is -4.11. The predicted octanol–water partition coefficient (Wildman–Crippen LogP) is 2.35. The van der Waals surface area contributed by atoms with E-state index in [0.717, 1.165) is 5.56 Å². The van der Waals surface area contributed by atoms with Crippen LogP contribution in [-0.4, -0.2) is 13.3 Å². The van der Waals surface area contributed by atoms with Crippen LogP contribution in [0.2, 0.25) is 0 Å². The van der Waals surface area contributed by atoms with Crippen LogP contribution in [0.3, 0.4) is 0 Å². The Morgan fingerprint density at radius 1 is 1.05 bits per heavy atom. The first-order valence-electron chi connectivity index (χ1n) is 6.09. The van der Waals surface area contributed by atoms with Gasteiger partial charge in [0.2, 0.25) is 0 Å². The lowest BCUT2D eigenvalue weighted by molar-refractivity contribution is -0.384. The predicted molar refractivity (Wildman–Crippen MR) is 82.2 cm³/mol. The van der Waals surface area contributed by atoms with Gasteiger partial charge in [0, 0.05) is 17.7 Å². The molecule has 0 aliphatic rings. The fourth-order valence-electron chi connectivity index (χ4n) is 1.71. The first-order chi connectivity index (χ1) is 10.3. The second kappa shape index (κ2) is 6.37.